The molecule has 3 aromatic rings. The second-order valence-corrected chi connectivity index (χ2v) is 4.27. The molecule has 0 atom stereocenters. The lowest BCUT2D eigenvalue weighted by atomic mass is 10.3. The van der Waals surface area contributed by atoms with Crippen LogP contribution in [-0.4, -0.2) is 9.97 Å². The first-order chi connectivity index (χ1) is 9.65. The third kappa shape index (κ3) is 2.16. The lowest BCUT2D eigenvalue weighted by Gasteiger charge is -2.06. The van der Waals surface area contributed by atoms with Gasteiger partial charge in [-0.3, -0.25) is 0 Å². The first-order valence-corrected chi connectivity index (χ1v) is 5.95. The molecule has 102 valence electrons. The van der Waals surface area contributed by atoms with E-state index in [-0.39, 0.29) is 12.1 Å². The summed E-state index contributed by atoms with van der Waals surface area (Å²) in [5, 5.41) is 0. The molecule has 3 rings (SSSR count). The number of benzene rings is 2. The average molecular weight is 275 g/mol. The Labute approximate surface area is 113 Å². The van der Waals surface area contributed by atoms with Crippen LogP contribution < -0.4 is 10.5 Å². The Morgan fingerprint density at radius 2 is 1.95 bits per heavy atom. The number of nitrogens with one attached hydrogen (secondary N) is 1. The standard InChI is InChI=1S/C14H11F2N3O/c15-8-5-6-10-14(13(8)16)19-12(18-10)7-20-11-4-2-1-3-9(11)17/h1-6H,7,17H2,(H,18,19). The number of imidazole rings is 1. The Morgan fingerprint density at radius 3 is 2.75 bits per heavy atom. The lowest BCUT2D eigenvalue weighted by molar-refractivity contribution is 0.299. The minimum atomic E-state index is -0.968. The molecule has 0 fully saturated rings. The summed E-state index contributed by atoms with van der Waals surface area (Å²) in [4.78, 5) is 6.85. The molecule has 1 heterocycles. The summed E-state index contributed by atoms with van der Waals surface area (Å²) in [7, 11) is 0. The Bertz CT molecular complexity index is 770. The van der Waals surface area contributed by atoms with Gasteiger partial charge in [0, 0.05) is 0 Å². The number of rotatable bonds is 3. The summed E-state index contributed by atoms with van der Waals surface area (Å²) in [5.41, 5.74) is 6.62. The fraction of sp³-hybridized carbons (Fsp3) is 0.0714. The van der Waals surface area contributed by atoms with Crippen LogP contribution in [0.3, 0.4) is 0 Å². The third-order valence-corrected chi connectivity index (χ3v) is 2.88. The van der Waals surface area contributed by atoms with Crippen LogP contribution in [0, 0.1) is 11.6 Å². The van der Waals surface area contributed by atoms with Crippen molar-refractivity contribution in [1.82, 2.24) is 9.97 Å². The molecule has 1 aromatic heterocycles. The van der Waals surface area contributed by atoms with Gasteiger partial charge in [0.1, 0.15) is 23.7 Å². The summed E-state index contributed by atoms with van der Waals surface area (Å²) in [5.74, 6) is -0.986. The van der Waals surface area contributed by atoms with E-state index >= 15 is 0 Å². The van der Waals surface area contributed by atoms with Crippen molar-refractivity contribution in [3.63, 3.8) is 0 Å². The van der Waals surface area contributed by atoms with Crippen molar-refractivity contribution in [2.24, 2.45) is 0 Å². The molecule has 0 unspecified atom stereocenters. The van der Waals surface area contributed by atoms with Crippen LogP contribution in [0.15, 0.2) is 36.4 Å². The summed E-state index contributed by atoms with van der Waals surface area (Å²) in [6.07, 6.45) is 0. The molecule has 0 saturated heterocycles. The smallest absolute Gasteiger partial charge is 0.186 e. The Hall–Kier alpha value is -2.63. The van der Waals surface area contributed by atoms with E-state index in [4.69, 9.17) is 10.5 Å². The van der Waals surface area contributed by atoms with Crippen LogP contribution in [0.4, 0.5) is 14.5 Å². The highest BCUT2D eigenvalue weighted by Crippen LogP contribution is 2.22. The summed E-state index contributed by atoms with van der Waals surface area (Å²) in [6, 6.07) is 9.50. The summed E-state index contributed by atoms with van der Waals surface area (Å²) in [6.45, 7) is 0.0873. The average Bonchev–Trinajstić information content (AvgIpc) is 2.86. The molecule has 0 amide bonds. The van der Waals surface area contributed by atoms with Gasteiger partial charge in [-0.25, -0.2) is 13.8 Å². The fourth-order valence-electron chi connectivity index (χ4n) is 1.89. The molecule has 0 aliphatic carbocycles. The van der Waals surface area contributed by atoms with Gasteiger partial charge in [-0.1, -0.05) is 12.1 Å². The van der Waals surface area contributed by atoms with Gasteiger partial charge in [0.05, 0.1) is 11.2 Å². The summed E-state index contributed by atoms with van der Waals surface area (Å²) < 4.78 is 32.1. The van der Waals surface area contributed by atoms with Gasteiger partial charge < -0.3 is 15.5 Å². The van der Waals surface area contributed by atoms with Gasteiger partial charge in [-0.15, -0.1) is 0 Å². The maximum Gasteiger partial charge on any atom is 0.186 e. The number of H-pyrrole nitrogens is 1. The molecule has 3 N–H and O–H groups in total. The van der Waals surface area contributed by atoms with Gasteiger partial charge >= 0.3 is 0 Å². The van der Waals surface area contributed by atoms with Gasteiger partial charge in [-0.05, 0) is 24.3 Å². The number of aromatic amines is 1. The van der Waals surface area contributed by atoms with Crippen molar-refractivity contribution in [1.29, 1.82) is 0 Å². The van der Waals surface area contributed by atoms with Crippen LogP contribution in [0.1, 0.15) is 5.82 Å². The minimum Gasteiger partial charge on any atom is -0.484 e. The number of ether oxygens (including phenoxy) is 1. The molecular formula is C14H11F2N3O. The maximum absolute atomic E-state index is 13.5. The first-order valence-electron chi connectivity index (χ1n) is 5.95. The van der Waals surface area contributed by atoms with Crippen molar-refractivity contribution in [3.05, 3.63) is 53.9 Å². The van der Waals surface area contributed by atoms with Crippen molar-refractivity contribution < 1.29 is 13.5 Å². The zero-order chi connectivity index (χ0) is 14.1. The molecule has 2 aromatic carbocycles. The van der Waals surface area contributed by atoms with Crippen LogP contribution >= 0.6 is 0 Å². The van der Waals surface area contributed by atoms with Crippen LogP contribution in [0.25, 0.3) is 11.0 Å². The zero-order valence-corrected chi connectivity index (χ0v) is 10.4. The highest BCUT2D eigenvalue weighted by molar-refractivity contribution is 5.75. The molecule has 0 spiro atoms. The zero-order valence-electron chi connectivity index (χ0n) is 10.4. The van der Waals surface area contributed by atoms with E-state index in [1.54, 1.807) is 24.3 Å². The Morgan fingerprint density at radius 1 is 1.15 bits per heavy atom. The number of hydrogen-bond acceptors (Lipinski definition) is 3. The molecule has 20 heavy (non-hydrogen) atoms. The van der Waals surface area contributed by atoms with Crippen molar-refractivity contribution in [3.8, 4) is 5.75 Å². The van der Waals surface area contributed by atoms with E-state index in [0.717, 1.165) is 6.07 Å². The molecule has 0 bridgehead atoms. The van der Waals surface area contributed by atoms with Gasteiger partial charge in [0.25, 0.3) is 0 Å². The van der Waals surface area contributed by atoms with Crippen LogP contribution in [0.2, 0.25) is 0 Å². The number of halogens is 2. The van der Waals surface area contributed by atoms with E-state index in [0.29, 0.717) is 22.8 Å². The largest absolute Gasteiger partial charge is 0.484 e. The number of nitrogens with zero attached hydrogens (tertiary/aromatic N) is 1. The molecule has 6 heteroatoms. The van der Waals surface area contributed by atoms with Gasteiger partial charge in [0.2, 0.25) is 0 Å². The molecular weight excluding hydrogens is 264 g/mol. The van der Waals surface area contributed by atoms with Crippen LogP contribution in [0.5, 0.6) is 5.75 Å². The number of hydrogen-bond donors (Lipinski definition) is 2. The van der Waals surface area contributed by atoms with E-state index in [9.17, 15) is 8.78 Å². The molecule has 0 aliphatic heterocycles. The molecule has 0 saturated carbocycles. The second-order valence-electron chi connectivity index (χ2n) is 4.27. The number of nitrogens with two attached hydrogens (primary N) is 1. The normalized spacial score (nSPS) is 10.9. The van der Waals surface area contributed by atoms with Gasteiger partial charge in [-0.2, -0.15) is 0 Å². The predicted octanol–water partition coefficient (Wildman–Crippen LogP) is 3.00. The Kier molecular flexibility index (Phi) is 2.98. The molecule has 0 radical (unpaired) electrons. The lowest BCUT2D eigenvalue weighted by Crippen LogP contribution is -2.00. The number of para-hydroxylation sites is 2. The SMILES string of the molecule is Nc1ccccc1OCc1nc2c(F)c(F)ccc2[nH]1. The van der Waals surface area contributed by atoms with E-state index < -0.39 is 11.6 Å². The fourth-order valence-corrected chi connectivity index (χ4v) is 1.89. The number of nitrogen functional groups attached to an aromatic ring is 1. The molecule has 4 nitrogen and oxygen atoms in total. The predicted molar refractivity (Wildman–Crippen MR) is 71.2 cm³/mol. The van der Waals surface area contributed by atoms with Crippen molar-refractivity contribution in [2.75, 3.05) is 5.73 Å². The highest BCUT2D eigenvalue weighted by atomic mass is 19.2. The topological polar surface area (TPSA) is 63.9 Å². The van der Waals surface area contributed by atoms with Gasteiger partial charge in [0.15, 0.2) is 11.6 Å². The molecule has 0 aliphatic rings. The number of anilines is 1. The maximum atomic E-state index is 13.5. The van der Waals surface area contributed by atoms with E-state index in [1.807, 2.05) is 0 Å². The Balaban J connectivity index is 1.85. The highest BCUT2D eigenvalue weighted by Gasteiger charge is 2.12. The van der Waals surface area contributed by atoms with E-state index in [1.165, 1.54) is 6.07 Å². The van der Waals surface area contributed by atoms with Crippen LogP contribution in [-0.2, 0) is 6.61 Å². The first kappa shape index (κ1) is 12.4. The quantitative estimate of drug-likeness (QED) is 0.722. The number of aromatic nitrogens is 2. The summed E-state index contributed by atoms with van der Waals surface area (Å²) >= 11 is 0. The van der Waals surface area contributed by atoms with Crippen molar-refractivity contribution >= 4 is 16.7 Å². The second kappa shape index (κ2) is 4.80. The van der Waals surface area contributed by atoms with Crippen molar-refractivity contribution in [2.45, 2.75) is 6.61 Å². The monoisotopic (exact) mass is 275 g/mol. The number of fused-ring (bicyclic) bond motifs is 1. The minimum absolute atomic E-state index is 0.0374. The third-order valence-electron chi connectivity index (χ3n) is 2.88. The van der Waals surface area contributed by atoms with E-state index in [2.05, 4.69) is 9.97 Å².